The van der Waals surface area contributed by atoms with E-state index in [0.717, 1.165) is 23.3 Å². The van der Waals surface area contributed by atoms with E-state index in [1.165, 1.54) is 0 Å². The molecular weight excluding hydrogens is 282 g/mol. The summed E-state index contributed by atoms with van der Waals surface area (Å²) in [6, 6.07) is 5.72. The molecule has 0 amide bonds. The van der Waals surface area contributed by atoms with Gasteiger partial charge in [-0.1, -0.05) is 6.07 Å². The van der Waals surface area contributed by atoms with Crippen LogP contribution in [0.5, 0.6) is 0 Å². The number of hydrogen-bond donors (Lipinski definition) is 0. The van der Waals surface area contributed by atoms with Crippen molar-refractivity contribution in [3.63, 3.8) is 0 Å². The molecule has 0 N–H and O–H groups in total. The van der Waals surface area contributed by atoms with Gasteiger partial charge in [-0.2, -0.15) is 4.31 Å². The molecular formula is C13H15NO3S2. The number of rotatable bonds is 6. The highest BCUT2D eigenvalue weighted by atomic mass is 32.2. The van der Waals surface area contributed by atoms with E-state index < -0.39 is 10.0 Å². The molecule has 2 aromatic heterocycles. The Labute approximate surface area is 116 Å². The molecule has 0 aliphatic heterocycles. The molecule has 1 aliphatic carbocycles. The number of nitrogens with zero attached hydrogens (tertiary/aromatic N) is 1. The van der Waals surface area contributed by atoms with Crippen LogP contribution in [0.2, 0.25) is 0 Å². The Morgan fingerprint density at radius 1 is 1.32 bits per heavy atom. The summed E-state index contributed by atoms with van der Waals surface area (Å²) in [5.74, 6) is 0. The molecule has 6 heteroatoms. The van der Waals surface area contributed by atoms with E-state index >= 15 is 0 Å². The topological polar surface area (TPSA) is 50.5 Å². The van der Waals surface area contributed by atoms with Gasteiger partial charge in [0, 0.05) is 23.5 Å². The molecule has 0 unspecified atom stereocenters. The van der Waals surface area contributed by atoms with E-state index in [0.29, 0.717) is 13.1 Å². The molecule has 0 atom stereocenters. The predicted octanol–water partition coefficient (Wildman–Crippen LogP) is 2.84. The zero-order valence-electron chi connectivity index (χ0n) is 10.4. The third-order valence-electron chi connectivity index (χ3n) is 3.16. The molecule has 0 aromatic carbocycles. The van der Waals surface area contributed by atoms with Crippen LogP contribution >= 0.6 is 11.3 Å². The van der Waals surface area contributed by atoms with Gasteiger partial charge in [0.05, 0.1) is 17.8 Å². The fraction of sp³-hybridized carbons (Fsp3) is 0.385. The van der Waals surface area contributed by atoms with Crippen LogP contribution in [0.1, 0.15) is 23.3 Å². The molecule has 1 aliphatic rings. The van der Waals surface area contributed by atoms with Crippen molar-refractivity contribution in [2.45, 2.75) is 31.2 Å². The average Bonchev–Trinajstić information content (AvgIpc) is 2.90. The maximum Gasteiger partial charge on any atom is 0.217 e. The minimum absolute atomic E-state index is 0.181. The minimum Gasteiger partial charge on any atom is -0.472 e. The Balaban J connectivity index is 1.82. The molecule has 102 valence electrons. The largest absolute Gasteiger partial charge is 0.472 e. The summed E-state index contributed by atoms with van der Waals surface area (Å²) in [6.45, 7) is 0.828. The lowest BCUT2D eigenvalue weighted by Gasteiger charge is -2.20. The van der Waals surface area contributed by atoms with Crippen molar-refractivity contribution in [2.75, 3.05) is 0 Å². The third-order valence-corrected chi connectivity index (χ3v) is 6.31. The third kappa shape index (κ3) is 2.91. The lowest BCUT2D eigenvalue weighted by molar-refractivity contribution is 0.401. The molecule has 1 saturated carbocycles. The molecule has 4 nitrogen and oxygen atoms in total. The predicted molar refractivity (Wildman–Crippen MR) is 74.2 cm³/mol. The standard InChI is InChI=1S/C13H15NO3S2/c15-19(16,13-3-4-13)14(8-11-5-6-17-10-11)9-12-2-1-7-18-12/h1-2,5-7,10,13H,3-4,8-9H2. The smallest absolute Gasteiger partial charge is 0.217 e. The van der Waals surface area contributed by atoms with Crippen molar-refractivity contribution in [3.8, 4) is 0 Å². The van der Waals surface area contributed by atoms with Gasteiger partial charge < -0.3 is 4.42 Å². The Kier molecular flexibility index (Phi) is 3.47. The number of hydrogen-bond acceptors (Lipinski definition) is 4. The molecule has 0 radical (unpaired) electrons. The first-order valence-corrected chi connectivity index (χ1v) is 8.57. The first-order chi connectivity index (χ1) is 9.16. The second-order valence-electron chi connectivity index (χ2n) is 4.72. The van der Waals surface area contributed by atoms with Crippen LogP contribution in [-0.4, -0.2) is 18.0 Å². The van der Waals surface area contributed by atoms with Crippen LogP contribution in [0.25, 0.3) is 0 Å². The Morgan fingerprint density at radius 2 is 2.16 bits per heavy atom. The summed E-state index contributed by atoms with van der Waals surface area (Å²) in [7, 11) is -3.18. The van der Waals surface area contributed by atoms with Crippen molar-refractivity contribution < 1.29 is 12.8 Å². The first-order valence-electron chi connectivity index (χ1n) is 6.18. The fourth-order valence-corrected chi connectivity index (χ4v) is 4.58. The number of thiophene rings is 1. The van der Waals surface area contributed by atoms with Gasteiger partial charge >= 0.3 is 0 Å². The highest BCUT2D eigenvalue weighted by Gasteiger charge is 2.40. The summed E-state index contributed by atoms with van der Waals surface area (Å²) in [5.41, 5.74) is 0.890. The Morgan fingerprint density at radius 3 is 2.74 bits per heavy atom. The quantitative estimate of drug-likeness (QED) is 0.824. The summed E-state index contributed by atoms with van der Waals surface area (Å²) in [4.78, 5) is 1.06. The maximum atomic E-state index is 12.4. The van der Waals surface area contributed by atoms with Crippen LogP contribution in [0.4, 0.5) is 0 Å². The second-order valence-corrected chi connectivity index (χ2v) is 7.97. The van der Waals surface area contributed by atoms with E-state index in [9.17, 15) is 8.42 Å². The van der Waals surface area contributed by atoms with Gasteiger partial charge in [0.1, 0.15) is 0 Å². The average molecular weight is 297 g/mol. The van der Waals surface area contributed by atoms with Crippen LogP contribution in [0.3, 0.4) is 0 Å². The number of sulfonamides is 1. The fourth-order valence-electron chi connectivity index (χ4n) is 1.98. The van der Waals surface area contributed by atoms with Gasteiger partial charge in [0.2, 0.25) is 10.0 Å². The van der Waals surface area contributed by atoms with Crippen molar-refractivity contribution in [1.82, 2.24) is 4.31 Å². The Hall–Kier alpha value is -1.11. The second kappa shape index (κ2) is 5.11. The Bertz CT molecular complexity index is 577. The molecule has 2 heterocycles. The van der Waals surface area contributed by atoms with Crippen molar-refractivity contribution in [1.29, 1.82) is 0 Å². The van der Waals surface area contributed by atoms with Crippen LogP contribution in [0.15, 0.2) is 40.5 Å². The van der Waals surface area contributed by atoms with Crippen molar-refractivity contribution in [3.05, 3.63) is 46.5 Å². The van der Waals surface area contributed by atoms with Gasteiger partial charge in [-0.3, -0.25) is 0 Å². The van der Waals surface area contributed by atoms with E-state index in [4.69, 9.17) is 4.42 Å². The molecule has 0 bridgehead atoms. The minimum atomic E-state index is -3.18. The van der Waals surface area contributed by atoms with Gasteiger partial charge in [0.25, 0.3) is 0 Å². The zero-order chi connectivity index (χ0) is 13.3. The molecule has 19 heavy (non-hydrogen) atoms. The first kappa shape index (κ1) is 12.9. The summed E-state index contributed by atoms with van der Waals surface area (Å²) < 4.78 is 31.5. The zero-order valence-corrected chi connectivity index (χ0v) is 12.0. The molecule has 0 spiro atoms. The van der Waals surface area contributed by atoms with Gasteiger partial charge in [0.15, 0.2) is 0 Å². The lowest BCUT2D eigenvalue weighted by atomic mass is 10.3. The van der Waals surface area contributed by atoms with E-state index in [1.807, 2.05) is 23.6 Å². The SMILES string of the molecule is O=S(=O)(C1CC1)N(Cc1ccoc1)Cc1cccs1. The van der Waals surface area contributed by atoms with Gasteiger partial charge in [-0.15, -0.1) is 11.3 Å². The monoisotopic (exact) mass is 297 g/mol. The highest BCUT2D eigenvalue weighted by molar-refractivity contribution is 7.90. The maximum absolute atomic E-state index is 12.4. The molecule has 1 fully saturated rings. The van der Waals surface area contributed by atoms with E-state index in [2.05, 4.69) is 0 Å². The van der Waals surface area contributed by atoms with Gasteiger partial charge in [-0.25, -0.2) is 8.42 Å². The van der Waals surface area contributed by atoms with Gasteiger partial charge in [-0.05, 0) is 30.4 Å². The lowest BCUT2D eigenvalue weighted by Crippen LogP contribution is -2.32. The summed E-state index contributed by atoms with van der Waals surface area (Å²) in [5, 5.41) is 1.79. The summed E-state index contributed by atoms with van der Waals surface area (Å²) >= 11 is 1.58. The molecule has 2 aromatic rings. The van der Waals surface area contributed by atoms with E-state index in [-0.39, 0.29) is 5.25 Å². The number of furan rings is 1. The summed E-state index contributed by atoms with van der Waals surface area (Å²) in [6.07, 6.45) is 4.75. The van der Waals surface area contributed by atoms with Crippen molar-refractivity contribution in [2.24, 2.45) is 0 Å². The molecule has 0 saturated heterocycles. The van der Waals surface area contributed by atoms with Crippen LogP contribution in [0, 0.1) is 0 Å². The van der Waals surface area contributed by atoms with Crippen LogP contribution in [-0.2, 0) is 23.1 Å². The molecule has 3 rings (SSSR count). The van der Waals surface area contributed by atoms with Crippen LogP contribution < -0.4 is 0 Å². The van der Waals surface area contributed by atoms with Crippen molar-refractivity contribution >= 4 is 21.4 Å². The normalized spacial score (nSPS) is 16.1. The highest BCUT2D eigenvalue weighted by Crippen LogP contribution is 2.33. The van der Waals surface area contributed by atoms with E-state index in [1.54, 1.807) is 28.2 Å².